The van der Waals surface area contributed by atoms with E-state index < -0.39 is 16.4 Å². The summed E-state index contributed by atoms with van der Waals surface area (Å²) in [6.07, 6.45) is -0.0322. The zero-order valence-electron chi connectivity index (χ0n) is 5.10. The monoisotopic (exact) mass is 170 g/mol. The van der Waals surface area contributed by atoms with Crippen LogP contribution in [-0.4, -0.2) is 18.9 Å². The number of rotatable bonds is 3. The second-order valence-electron chi connectivity index (χ2n) is 1.30. The Bertz CT molecular complexity index is 203. The number of carbonyl (C=O) groups is 1. The molecular formula is C3H6O6S. The van der Waals surface area contributed by atoms with E-state index in [0.29, 0.717) is 0 Å². The summed E-state index contributed by atoms with van der Waals surface area (Å²) >= 11 is 0. The van der Waals surface area contributed by atoms with Crippen molar-refractivity contribution in [2.45, 2.75) is 13.3 Å². The lowest BCUT2D eigenvalue weighted by Crippen LogP contribution is -2.09. The Balaban J connectivity index is 3.67. The molecule has 0 aromatic rings. The van der Waals surface area contributed by atoms with Crippen LogP contribution in [0.25, 0.3) is 0 Å². The van der Waals surface area contributed by atoms with Crippen molar-refractivity contribution < 1.29 is 27.0 Å². The maximum absolute atomic E-state index is 10.1. The predicted octanol–water partition coefficient (Wildman–Crippen LogP) is -0.326. The molecule has 0 radical (unpaired) electrons. The molecule has 0 rings (SSSR count). The van der Waals surface area contributed by atoms with Crippen LogP contribution >= 0.6 is 0 Å². The highest BCUT2D eigenvalue weighted by atomic mass is 32.3. The van der Waals surface area contributed by atoms with Gasteiger partial charge >= 0.3 is 16.4 Å². The molecule has 0 aliphatic heterocycles. The van der Waals surface area contributed by atoms with E-state index in [1.54, 1.807) is 0 Å². The Morgan fingerprint density at radius 1 is 1.60 bits per heavy atom. The molecule has 0 saturated heterocycles. The minimum atomic E-state index is -4.67. The number of carbonyl (C=O) groups excluding carboxylic acids is 1. The second-order valence-corrected chi connectivity index (χ2v) is 2.30. The fourth-order valence-electron chi connectivity index (χ4n) is 0.140. The third-order valence-electron chi connectivity index (χ3n) is 0.502. The van der Waals surface area contributed by atoms with Crippen LogP contribution in [0.4, 0.5) is 0 Å². The summed E-state index contributed by atoms with van der Waals surface area (Å²) in [6, 6.07) is 0. The Morgan fingerprint density at radius 2 is 2.10 bits per heavy atom. The van der Waals surface area contributed by atoms with E-state index in [2.05, 4.69) is 9.22 Å². The van der Waals surface area contributed by atoms with Gasteiger partial charge in [0.15, 0.2) is 0 Å². The molecule has 0 saturated carbocycles. The van der Waals surface area contributed by atoms with E-state index >= 15 is 0 Å². The normalized spacial score (nSPS) is 11.0. The van der Waals surface area contributed by atoms with Gasteiger partial charge in [0.25, 0.3) is 0 Å². The summed E-state index contributed by atoms with van der Waals surface area (Å²) in [5.74, 6) is -0.877. The Kier molecular flexibility index (Phi) is 3.26. The second kappa shape index (κ2) is 3.49. The fraction of sp³-hybridized carbons (Fsp3) is 0.667. The summed E-state index contributed by atoms with van der Waals surface area (Å²) < 4.78 is 30.5. The molecule has 7 heteroatoms. The van der Waals surface area contributed by atoms with Gasteiger partial charge in [0.1, 0.15) is 0 Å². The standard InChI is InChI=1S/C3H6O6S/c1-2-3(4)8-9-10(5,6)7/h2H2,1H3,(H,5,6,7). The zero-order chi connectivity index (χ0) is 8.20. The van der Waals surface area contributed by atoms with Crippen LogP contribution in [0.15, 0.2) is 0 Å². The highest BCUT2D eigenvalue weighted by Crippen LogP contribution is 1.90. The molecule has 0 aromatic carbocycles. The van der Waals surface area contributed by atoms with E-state index in [0.717, 1.165) is 0 Å². The molecule has 0 amide bonds. The van der Waals surface area contributed by atoms with E-state index in [4.69, 9.17) is 4.55 Å². The van der Waals surface area contributed by atoms with Crippen molar-refractivity contribution in [3.63, 3.8) is 0 Å². The molecule has 0 fully saturated rings. The van der Waals surface area contributed by atoms with Crippen LogP contribution in [0.3, 0.4) is 0 Å². The molecule has 0 aromatic heterocycles. The van der Waals surface area contributed by atoms with Gasteiger partial charge in [-0.15, -0.1) is 0 Å². The third kappa shape index (κ3) is 5.48. The average Bonchev–Trinajstić information content (AvgIpc) is 1.81. The van der Waals surface area contributed by atoms with Crippen molar-refractivity contribution in [1.29, 1.82) is 0 Å². The Hall–Kier alpha value is -0.660. The van der Waals surface area contributed by atoms with E-state index in [9.17, 15) is 13.2 Å². The third-order valence-corrected chi connectivity index (χ3v) is 0.742. The number of hydrogen-bond acceptors (Lipinski definition) is 5. The Labute approximate surface area is 57.6 Å². The largest absolute Gasteiger partial charge is 0.432 e. The van der Waals surface area contributed by atoms with Crippen LogP contribution in [0.5, 0.6) is 0 Å². The van der Waals surface area contributed by atoms with E-state index in [-0.39, 0.29) is 6.42 Å². The summed E-state index contributed by atoms with van der Waals surface area (Å²) in [4.78, 5) is 13.7. The van der Waals surface area contributed by atoms with E-state index in [1.807, 2.05) is 0 Å². The van der Waals surface area contributed by atoms with Crippen molar-refractivity contribution >= 4 is 16.4 Å². The first-order valence-corrected chi connectivity index (χ1v) is 3.68. The van der Waals surface area contributed by atoms with E-state index in [1.165, 1.54) is 6.92 Å². The maximum atomic E-state index is 10.1. The summed E-state index contributed by atoms with van der Waals surface area (Å²) in [5, 5.41) is 0. The van der Waals surface area contributed by atoms with Crippen molar-refractivity contribution in [3.05, 3.63) is 0 Å². The molecule has 0 aliphatic rings. The van der Waals surface area contributed by atoms with Gasteiger partial charge in [0.05, 0.1) is 0 Å². The van der Waals surface area contributed by atoms with Gasteiger partial charge in [-0.25, -0.2) is 4.79 Å². The van der Waals surface area contributed by atoms with Gasteiger partial charge in [-0.3, -0.25) is 9.44 Å². The molecule has 0 aliphatic carbocycles. The van der Waals surface area contributed by atoms with Gasteiger partial charge in [0, 0.05) is 6.42 Å². The van der Waals surface area contributed by atoms with Crippen LogP contribution in [0.2, 0.25) is 0 Å². The smallest absolute Gasteiger partial charge is 0.280 e. The highest BCUT2D eigenvalue weighted by molar-refractivity contribution is 7.80. The van der Waals surface area contributed by atoms with Gasteiger partial charge in [-0.05, 0) is 4.33 Å². The average molecular weight is 170 g/mol. The lowest BCUT2D eigenvalue weighted by Gasteiger charge is -1.95. The molecule has 0 bridgehead atoms. The number of hydrogen-bond donors (Lipinski definition) is 1. The SMILES string of the molecule is CCC(=O)OOS(=O)(=O)O. The Morgan fingerprint density at radius 3 is 2.40 bits per heavy atom. The summed E-state index contributed by atoms with van der Waals surface area (Å²) in [7, 11) is -4.67. The quantitative estimate of drug-likeness (QED) is 0.354. The highest BCUT2D eigenvalue weighted by Gasteiger charge is 2.08. The minimum Gasteiger partial charge on any atom is -0.280 e. The van der Waals surface area contributed by atoms with Gasteiger partial charge in [-0.1, -0.05) is 6.92 Å². The topological polar surface area (TPSA) is 89.9 Å². The molecule has 6 nitrogen and oxygen atoms in total. The van der Waals surface area contributed by atoms with Crippen molar-refractivity contribution in [1.82, 2.24) is 0 Å². The fourth-order valence-corrected chi connectivity index (χ4v) is 0.302. The molecule has 0 heterocycles. The van der Waals surface area contributed by atoms with Crippen molar-refractivity contribution in [2.24, 2.45) is 0 Å². The zero-order valence-corrected chi connectivity index (χ0v) is 5.92. The summed E-state index contributed by atoms with van der Waals surface area (Å²) in [6.45, 7) is 1.44. The van der Waals surface area contributed by atoms with Gasteiger partial charge < -0.3 is 0 Å². The molecule has 1 N–H and O–H groups in total. The predicted molar refractivity (Wildman–Crippen MR) is 29.0 cm³/mol. The molecular weight excluding hydrogens is 164 g/mol. The lowest BCUT2D eigenvalue weighted by atomic mass is 10.5. The molecule has 0 unspecified atom stereocenters. The van der Waals surface area contributed by atoms with Crippen molar-refractivity contribution in [2.75, 3.05) is 0 Å². The molecule has 60 valence electrons. The van der Waals surface area contributed by atoms with Gasteiger partial charge in [-0.2, -0.15) is 8.42 Å². The van der Waals surface area contributed by atoms with Crippen LogP contribution in [-0.2, 0) is 24.4 Å². The first kappa shape index (κ1) is 9.34. The minimum absolute atomic E-state index is 0.0322. The van der Waals surface area contributed by atoms with Crippen molar-refractivity contribution in [3.8, 4) is 0 Å². The molecule has 0 spiro atoms. The maximum Gasteiger partial charge on any atom is 0.432 e. The van der Waals surface area contributed by atoms with Gasteiger partial charge in [0.2, 0.25) is 0 Å². The molecule has 0 atom stereocenters. The van der Waals surface area contributed by atoms with Crippen LogP contribution in [0.1, 0.15) is 13.3 Å². The van der Waals surface area contributed by atoms with Crippen LogP contribution < -0.4 is 0 Å². The summed E-state index contributed by atoms with van der Waals surface area (Å²) in [5.41, 5.74) is 0. The lowest BCUT2D eigenvalue weighted by molar-refractivity contribution is -0.214. The first-order chi connectivity index (χ1) is 4.45. The van der Waals surface area contributed by atoms with Crippen LogP contribution in [0, 0.1) is 0 Å². The first-order valence-electron chi connectivity index (χ1n) is 2.32. The molecule has 10 heavy (non-hydrogen) atoms.